The van der Waals surface area contributed by atoms with Crippen LogP contribution in [0.15, 0.2) is 0 Å². The van der Waals surface area contributed by atoms with Gasteiger partial charge in [0.05, 0.1) is 18.3 Å². The van der Waals surface area contributed by atoms with E-state index in [1.807, 2.05) is 0 Å². The Bertz CT molecular complexity index is 258. The molecule has 0 radical (unpaired) electrons. The Kier molecular flexibility index (Phi) is 6.74. The fourth-order valence-corrected chi connectivity index (χ4v) is 2.54. The predicted octanol–water partition coefficient (Wildman–Crippen LogP) is 2.10. The van der Waals surface area contributed by atoms with E-state index < -0.39 is 0 Å². The van der Waals surface area contributed by atoms with Gasteiger partial charge in [-0.1, -0.05) is 6.92 Å². The van der Waals surface area contributed by atoms with Crippen LogP contribution < -0.4 is 5.32 Å². The van der Waals surface area contributed by atoms with Crippen LogP contribution in [0.2, 0.25) is 0 Å². The number of methoxy groups -OCH3 is 1. The van der Waals surface area contributed by atoms with E-state index in [4.69, 9.17) is 9.47 Å². The Morgan fingerprint density at radius 1 is 1.42 bits per heavy atom. The van der Waals surface area contributed by atoms with Crippen molar-refractivity contribution >= 4 is 0 Å². The lowest BCUT2D eigenvalue weighted by Crippen LogP contribution is -2.47. The van der Waals surface area contributed by atoms with Gasteiger partial charge in [0.25, 0.3) is 0 Å². The molecule has 0 bridgehead atoms. The van der Waals surface area contributed by atoms with Crippen LogP contribution in [-0.2, 0) is 9.47 Å². The monoisotopic (exact) mass is 273 g/mol. The van der Waals surface area contributed by atoms with Crippen LogP contribution >= 0.6 is 0 Å². The first-order valence-corrected chi connectivity index (χ1v) is 7.49. The van der Waals surface area contributed by atoms with Crippen molar-refractivity contribution in [3.63, 3.8) is 0 Å². The van der Waals surface area contributed by atoms with E-state index >= 15 is 0 Å². The van der Waals surface area contributed by atoms with Gasteiger partial charge in [0.1, 0.15) is 0 Å². The number of aliphatic hydroxyl groups is 1. The predicted molar refractivity (Wildman–Crippen MR) is 77.4 cm³/mol. The van der Waals surface area contributed by atoms with Crippen molar-refractivity contribution in [2.45, 2.75) is 70.1 Å². The highest BCUT2D eigenvalue weighted by atomic mass is 16.5. The van der Waals surface area contributed by atoms with E-state index in [-0.39, 0.29) is 23.9 Å². The summed E-state index contributed by atoms with van der Waals surface area (Å²) in [4.78, 5) is 0. The van der Waals surface area contributed by atoms with Crippen LogP contribution in [0.4, 0.5) is 0 Å². The largest absolute Gasteiger partial charge is 0.394 e. The molecule has 0 spiro atoms. The minimum Gasteiger partial charge on any atom is -0.394 e. The SMILES string of the molecule is CCCNC1(CO)CCC(OCCC(C)(C)OC)C1. The average molecular weight is 273 g/mol. The minimum atomic E-state index is -0.118. The minimum absolute atomic E-state index is 0.114. The summed E-state index contributed by atoms with van der Waals surface area (Å²) in [7, 11) is 1.74. The molecule has 1 saturated carbocycles. The van der Waals surface area contributed by atoms with Crippen molar-refractivity contribution in [3.05, 3.63) is 0 Å². The number of hydrogen-bond donors (Lipinski definition) is 2. The fraction of sp³-hybridized carbons (Fsp3) is 1.00. The average Bonchev–Trinajstić information content (AvgIpc) is 2.80. The summed E-state index contributed by atoms with van der Waals surface area (Å²) in [5, 5.41) is 13.1. The van der Waals surface area contributed by atoms with Gasteiger partial charge in [-0.25, -0.2) is 0 Å². The molecule has 0 saturated heterocycles. The summed E-state index contributed by atoms with van der Waals surface area (Å²) in [6.07, 6.45) is 5.21. The topological polar surface area (TPSA) is 50.7 Å². The lowest BCUT2D eigenvalue weighted by molar-refractivity contribution is -0.0273. The van der Waals surface area contributed by atoms with E-state index in [0.717, 1.165) is 45.3 Å². The Morgan fingerprint density at radius 2 is 2.16 bits per heavy atom. The van der Waals surface area contributed by atoms with Crippen LogP contribution in [0.25, 0.3) is 0 Å². The van der Waals surface area contributed by atoms with Gasteiger partial charge in [-0.2, -0.15) is 0 Å². The highest BCUT2D eigenvalue weighted by Gasteiger charge is 2.38. The van der Waals surface area contributed by atoms with E-state index in [0.29, 0.717) is 0 Å². The molecule has 0 aliphatic heterocycles. The summed E-state index contributed by atoms with van der Waals surface area (Å²) >= 11 is 0. The van der Waals surface area contributed by atoms with Gasteiger partial charge in [0, 0.05) is 19.3 Å². The standard InChI is InChI=1S/C15H31NO3/c1-5-9-16-15(12-17)7-6-13(11-15)19-10-8-14(2,3)18-4/h13,16-17H,5-12H2,1-4H3. The summed E-state index contributed by atoms with van der Waals surface area (Å²) in [6, 6.07) is 0. The van der Waals surface area contributed by atoms with Crippen LogP contribution in [0.5, 0.6) is 0 Å². The third-order valence-electron chi connectivity index (χ3n) is 4.23. The van der Waals surface area contributed by atoms with Gasteiger partial charge in [-0.3, -0.25) is 0 Å². The molecule has 2 unspecified atom stereocenters. The van der Waals surface area contributed by atoms with Gasteiger partial charge in [0.2, 0.25) is 0 Å². The molecular formula is C15H31NO3. The number of rotatable bonds is 9. The summed E-state index contributed by atoms with van der Waals surface area (Å²) in [5.74, 6) is 0. The Balaban J connectivity index is 2.31. The molecule has 4 heteroatoms. The van der Waals surface area contributed by atoms with Crippen molar-refractivity contribution in [3.8, 4) is 0 Å². The van der Waals surface area contributed by atoms with Gasteiger partial charge < -0.3 is 19.9 Å². The molecule has 0 heterocycles. The van der Waals surface area contributed by atoms with Crippen LogP contribution in [-0.4, -0.2) is 49.2 Å². The Labute approximate surface area is 117 Å². The highest BCUT2D eigenvalue weighted by molar-refractivity contribution is 4.96. The first kappa shape index (κ1) is 16.9. The second-order valence-electron chi connectivity index (χ2n) is 6.31. The van der Waals surface area contributed by atoms with Crippen molar-refractivity contribution < 1.29 is 14.6 Å². The molecule has 0 aromatic carbocycles. The van der Waals surface area contributed by atoms with E-state index in [9.17, 15) is 5.11 Å². The zero-order chi connectivity index (χ0) is 14.4. The number of ether oxygens (including phenoxy) is 2. The molecular weight excluding hydrogens is 242 g/mol. The van der Waals surface area contributed by atoms with Crippen molar-refractivity contribution in [1.82, 2.24) is 5.32 Å². The van der Waals surface area contributed by atoms with Gasteiger partial charge in [-0.15, -0.1) is 0 Å². The fourth-order valence-electron chi connectivity index (χ4n) is 2.54. The maximum Gasteiger partial charge on any atom is 0.0644 e. The number of hydrogen-bond acceptors (Lipinski definition) is 4. The smallest absolute Gasteiger partial charge is 0.0644 e. The van der Waals surface area contributed by atoms with Crippen molar-refractivity contribution in [1.29, 1.82) is 0 Å². The third-order valence-corrected chi connectivity index (χ3v) is 4.23. The molecule has 19 heavy (non-hydrogen) atoms. The van der Waals surface area contributed by atoms with Crippen molar-refractivity contribution in [2.24, 2.45) is 0 Å². The maximum absolute atomic E-state index is 9.62. The molecule has 2 N–H and O–H groups in total. The number of nitrogens with one attached hydrogen (secondary N) is 1. The molecule has 2 atom stereocenters. The van der Waals surface area contributed by atoms with Crippen LogP contribution in [0, 0.1) is 0 Å². The lowest BCUT2D eigenvalue weighted by atomic mass is 9.98. The summed E-state index contributed by atoms with van der Waals surface area (Å²) in [5.41, 5.74) is -0.232. The van der Waals surface area contributed by atoms with E-state index in [1.54, 1.807) is 7.11 Å². The first-order valence-electron chi connectivity index (χ1n) is 7.49. The molecule has 114 valence electrons. The maximum atomic E-state index is 9.62. The van der Waals surface area contributed by atoms with Gasteiger partial charge >= 0.3 is 0 Å². The Hall–Kier alpha value is -0.160. The number of aliphatic hydroxyl groups excluding tert-OH is 1. The zero-order valence-corrected chi connectivity index (χ0v) is 13.0. The molecule has 4 nitrogen and oxygen atoms in total. The van der Waals surface area contributed by atoms with Gasteiger partial charge in [0.15, 0.2) is 0 Å². The molecule has 0 amide bonds. The molecule has 0 aromatic heterocycles. The Morgan fingerprint density at radius 3 is 2.74 bits per heavy atom. The first-order chi connectivity index (χ1) is 8.97. The van der Waals surface area contributed by atoms with E-state index in [2.05, 4.69) is 26.1 Å². The quantitative estimate of drug-likeness (QED) is 0.675. The van der Waals surface area contributed by atoms with Gasteiger partial charge in [-0.05, 0) is 52.5 Å². The highest BCUT2D eigenvalue weighted by Crippen LogP contribution is 2.32. The zero-order valence-electron chi connectivity index (χ0n) is 13.0. The molecule has 1 fully saturated rings. The normalized spacial score (nSPS) is 27.9. The lowest BCUT2D eigenvalue weighted by Gasteiger charge is -2.29. The van der Waals surface area contributed by atoms with Crippen LogP contribution in [0.3, 0.4) is 0 Å². The molecule has 1 rings (SSSR count). The van der Waals surface area contributed by atoms with Crippen LogP contribution in [0.1, 0.15) is 52.9 Å². The molecule has 1 aliphatic carbocycles. The van der Waals surface area contributed by atoms with E-state index in [1.165, 1.54) is 0 Å². The molecule has 0 aromatic rings. The second kappa shape index (κ2) is 7.58. The third kappa shape index (κ3) is 5.38. The summed E-state index contributed by atoms with van der Waals surface area (Å²) in [6.45, 7) is 8.19. The molecule has 1 aliphatic rings. The van der Waals surface area contributed by atoms with Crippen molar-refractivity contribution in [2.75, 3.05) is 26.9 Å². The second-order valence-corrected chi connectivity index (χ2v) is 6.31. The summed E-state index contributed by atoms with van der Waals surface area (Å²) < 4.78 is 11.3.